The summed E-state index contributed by atoms with van der Waals surface area (Å²) < 4.78 is 49.7. The molecule has 122 valence electrons. The molecule has 1 aliphatic rings. The molecule has 2 heterocycles. The highest BCUT2D eigenvalue weighted by Gasteiger charge is 2.20. The van der Waals surface area contributed by atoms with Crippen molar-refractivity contribution in [3.05, 3.63) is 41.7 Å². The Labute approximate surface area is 138 Å². The summed E-state index contributed by atoms with van der Waals surface area (Å²) in [6, 6.07) is 3.26. The van der Waals surface area contributed by atoms with Crippen molar-refractivity contribution in [1.82, 2.24) is 14.9 Å². The van der Waals surface area contributed by atoms with Gasteiger partial charge in [0.25, 0.3) is 0 Å². The van der Waals surface area contributed by atoms with Gasteiger partial charge in [0, 0.05) is 40.1 Å². The first-order valence-corrected chi connectivity index (χ1v) is 7.55. The third-order valence-corrected chi connectivity index (χ3v) is 4.07. The smallest absolute Gasteiger partial charge is 0.222 e. The average Bonchev–Trinajstić information content (AvgIpc) is 3.03. The molecule has 1 saturated heterocycles. The predicted octanol–water partition coefficient (Wildman–Crippen LogP) is 3.24. The Morgan fingerprint density at radius 1 is 1.39 bits per heavy atom. The molecule has 0 amide bonds. The predicted molar refractivity (Wildman–Crippen MR) is 86.3 cm³/mol. The number of benzene rings is 1. The number of anilines is 1. The number of hydrogen-bond acceptors (Lipinski definition) is 4. The molecule has 2 aromatic rings. The van der Waals surface area contributed by atoms with Gasteiger partial charge in [-0.15, -0.1) is 0 Å². The van der Waals surface area contributed by atoms with Crippen LogP contribution in [0.15, 0.2) is 24.4 Å². The van der Waals surface area contributed by atoms with Crippen molar-refractivity contribution in [3.63, 3.8) is 0 Å². The van der Waals surface area contributed by atoms with Crippen LogP contribution in [0, 0.1) is 18.6 Å². The number of hydrogen-bond donors (Lipinski definition) is 1. The Morgan fingerprint density at radius 3 is 3.00 bits per heavy atom. The van der Waals surface area contributed by atoms with Gasteiger partial charge in [-0.25, -0.2) is 18.7 Å². The van der Waals surface area contributed by atoms with Crippen molar-refractivity contribution in [2.45, 2.75) is 25.8 Å². The van der Waals surface area contributed by atoms with Crippen molar-refractivity contribution in [2.75, 3.05) is 25.4 Å². The highest BCUT2D eigenvalue weighted by Crippen LogP contribution is 2.25. The van der Waals surface area contributed by atoms with Gasteiger partial charge in [0.15, 0.2) is 0 Å². The minimum atomic E-state index is -2.11. The van der Waals surface area contributed by atoms with Crippen molar-refractivity contribution in [2.24, 2.45) is 0 Å². The normalized spacial score (nSPS) is 20.8. The second kappa shape index (κ2) is 6.58. The maximum absolute atomic E-state index is 14.0. The van der Waals surface area contributed by atoms with E-state index in [-0.39, 0.29) is 11.6 Å². The topological polar surface area (TPSA) is 41.0 Å². The molecule has 0 aliphatic carbocycles. The van der Waals surface area contributed by atoms with Gasteiger partial charge >= 0.3 is 0 Å². The lowest BCUT2D eigenvalue weighted by atomic mass is 10.1. The molecular formula is C17H20F2N4. The third-order valence-electron chi connectivity index (χ3n) is 4.07. The van der Waals surface area contributed by atoms with E-state index in [0.29, 0.717) is 30.3 Å². The first kappa shape index (κ1) is 12.4. The summed E-state index contributed by atoms with van der Waals surface area (Å²) in [6.45, 7) is 0.576. The molecule has 0 radical (unpaired) electrons. The summed E-state index contributed by atoms with van der Waals surface area (Å²) in [5.41, 5.74) is 1.27. The summed E-state index contributed by atoms with van der Waals surface area (Å²) in [6.07, 6.45) is 3.12. The van der Waals surface area contributed by atoms with E-state index in [2.05, 4.69) is 15.3 Å². The zero-order valence-corrected chi connectivity index (χ0v) is 12.8. The Hall–Kier alpha value is -2.08. The lowest BCUT2D eigenvalue weighted by Gasteiger charge is -2.19. The van der Waals surface area contributed by atoms with Crippen LogP contribution in [0.1, 0.15) is 22.6 Å². The third kappa shape index (κ3) is 3.47. The van der Waals surface area contributed by atoms with Crippen LogP contribution in [-0.2, 0) is 0 Å². The number of aryl methyl sites for hydroxylation is 1. The van der Waals surface area contributed by atoms with Gasteiger partial charge in [-0.1, -0.05) is 0 Å². The zero-order chi connectivity index (χ0) is 18.9. The van der Waals surface area contributed by atoms with Crippen LogP contribution in [0.2, 0.25) is 0 Å². The summed E-state index contributed by atoms with van der Waals surface area (Å²) in [7, 11) is 0. The van der Waals surface area contributed by atoms with E-state index in [1.54, 1.807) is 6.92 Å². The Bertz CT molecular complexity index is 798. The van der Waals surface area contributed by atoms with Gasteiger partial charge in [0.1, 0.15) is 11.6 Å². The first-order valence-electron chi connectivity index (χ1n) is 9.05. The van der Waals surface area contributed by atoms with Crippen molar-refractivity contribution >= 4 is 5.95 Å². The van der Waals surface area contributed by atoms with Crippen LogP contribution in [0.3, 0.4) is 0 Å². The van der Waals surface area contributed by atoms with Gasteiger partial charge in [0.05, 0.1) is 5.69 Å². The molecule has 1 aromatic heterocycles. The zero-order valence-electron chi connectivity index (χ0n) is 15.8. The molecular weight excluding hydrogens is 298 g/mol. The van der Waals surface area contributed by atoms with Gasteiger partial charge in [0.2, 0.25) is 5.95 Å². The second-order valence-corrected chi connectivity index (χ2v) is 5.69. The lowest BCUT2D eigenvalue weighted by molar-refractivity contribution is 0.322. The quantitative estimate of drug-likeness (QED) is 0.939. The summed E-state index contributed by atoms with van der Waals surface area (Å²) in [4.78, 5) is 10.0. The van der Waals surface area contributed by atoms with E-state index in [1.165, 1.54) is 23.2 Å². The fourth-order valence-electron chi connectivity index (χ4n) is 2.78. The molecule has 1 N–H and O–H groups in total. The molecule has 1 aliphatic heterocycles. The molecule has 1 atom stereocenters. The van der Waals surface area contributed by atoms with E-state index in [9.17, 15) is 8.78 Å². The maximum atomic E-state index is 14.0. The summed E-state index contributed by atoms with van der Waals surface area (Å²) in [5, 5.41) is 3.06. The van der Waals surface area contributed by atoms with E-state index < -0.39 is 18.6 Å². The maximum Gasteiger partial charge on any atom is 0.222 e. The summed E-state index contributed by atoms with van der Waals surface area (Å²) in [5.74, 6) is -0.957. The van der Waals surface area contributed by atoms with Crippen molar-refractivity contribution in [3.8, 4) is 11.1 Å². The number of halogens is 2. The number of nitrogens with one attached hydrogen (secondary N) is 1. The molecule has 0 unspecified atom stereocenters. The van der Waals surface area contributed by atoms with Crippen molar-refractivity contribution in [1.29, 1.82) is 0 Å². The number of nitrogens with zero attached hydrogens (tertiary/aromatic N) is 3. The van der Waals surface area contributed by atoms with Crippen LogP contribution in [-0.4, -0.2) is 41.0 Å². The Balaban J connectivity index is 1.72. The number of likely N-dealkylation sites (N-methyl/N-ethyl adjacent to an activating group) is 1. The second-order valence-electron chi connectivity index (χ2n) is 5.69. The fourth-order valence-corrected chi connectivity index (χ4v) is 2.78. The van der Waals surface area contributed by atoms with Crippen LogP contribution in [0.25, 0.3) is 11.1 Å². The standard InChI is InChI=1S/C17H20F2N4/c1-11-15(14-6-5-12(18)8-16(14)19)10-21-17(22-11)20-9-13-4-3-7-23(13)2/h5-6,8,10,13H,3-4,7,9H2,1-2H3,(H,20,21,22)/t13-/m1/s1/i2D3. The monoisotopic (exact) mass is 321 g/mol. The molecule has 1 aromatic carbocycles. The molecule has 0 spiro atoms. The first-order chi connectivity index (χ1) is 12.3. The van der Waals surface area contributed by atoms with Crippen LogP contribution in [0.4, 0.5) is 14.7 Å². The van der Waals surface area contributed by atoms with Gasteiger partial charge in [-0.05, 0) is 45.4 Å². The average molecular weight is 321 g/mol. The lowest BCUT2D eigenvalue weighted by Crippen LogP contribution is -2.32. The molecule has 1 fully saturated rings. The van der Waals surface area contributed by atoms with E-state index in [4.69, 9.17) is 4.11 Å². The highest BCUT2D eigenvalue weighted by molar-refractivity contribution is 5.66. The van der Waals surface area contributed by atoms with Crippen molar-refractivity contribution < 1.29 is 12.9 Å². The van der Waals surface area contributed by atoms with Crippen LogP contribution < -0.4 is 5.32 Å². The SMILES string of the molecule is [2H]C([2H])([2H])N1CCC[C@@H]1CNc1ncc(-c2ccc(F)cc2F)c(C)n1. The molecule has 4 nitrogen and oxygen atoms in total. The van der Waals surface area contributed by atoms with E-state index >= 15 is 0 Å². The fraction of sp³-hybridized carbons (Fsp3) is 0.412. The van der Waals surface area contributed by atoms with Gasteiger partial charge < -0.3 is 10.2 Å². The minimum absolute atomic E-state index is 0.111. The van der Waals surface area contributed by atoms with Crippen LogP contribution in [0.5, 0.6) is 0 Å². The van der Waals surface area contributed by atoms with E-state index in [0.717, 1.165) is 18.9 Å². The minimum Gasteiger partial charge on any atom is -0.353 e. The molecule has 6 heteroatoms. The van der Waals surface area contributed by atoms with Gasteiger partial charge in [-0.2, -0.15) is 0 Å². The van der Waals surface area contributed by atoms with Crippen LogP contribution >= 0.6 is 0 Å². The summed E-state index contributed by atoms with van der Waals surface area (Å²) >= 11 is 0. The van der Waals surface area contributed by atoms with Gasteiger partial charge in [-0.3, -0.25) is 0 Å². The van der Waals surface area contributed by atoms with E-state index in [1.807, 2.05) is 0 Å². The highest BCUT2D eigenvalue weighted by atomic mass is 19.1. The number of rotatable bonds is 4. The number of likely N-dealkylation sites (tertiary alicyclic amines) is 1. The molecule has 23 heavy (non-hydrogen) atoms. The molecule has 0 saturated carbocycles. The Morgan fingerprint density at radius 2 is 2.26 bits per heavy atom. The molecule has 0 bridgehead atoms. The molecule has 3 rings (SSSR count). The largest absolute Gasteiger partial charge is 0.353 e. The Kier molecular flexibility index (Phi) is 3.53. The number of aromatic nitrogens is 2.